The van der Waals surface area contributed by atoms with Crippen molar-refractivity contribution in [2.75, 3.05) is 47.8 Å². The number of piperazine rings is 1. The van der Waals surface area contributed by atoms with Crippen molar-refractivity contribution < 1.29 is 4.39 Å². The van der Waals surface area contributed by atoms with E-state index in [9.17, 15) is 4.39 Å². The predicted molar refractivity (Wildman–Crippen MR) is 105 cm³/mol. The van der Waals surface area contributed by atoms with E-state index in [0.29, 0.717) is 18.3 Å². The highest BCUT2D eigenvalue weighted by Crippen LogP contribution is 2.15. The maximum atomic E-state index is 13.0. The third-order valence-corrected chi connectivity index (χ3v) is 4.58. The summed E-state index contributed by atoms with van der Waals surface area (Å²) in [6, 6.07) is 8.33. The number of benzene rings is 1. The van der Waals surface area contributed by atoms with Crippen LogP contribution in [0.25, 0.3) is 0 Å². The van der Waals surface area contributed by atoms with Crippen LogP contribution in [0.1, 0.15) is 5.56 Å². The molecule has 0 atom stereocenters. The second-order valence-corrected chi connectivity index (χ2v) is 6.47. The Bertz CT molecular complexity index is 882. The lowest BCUT2D eigenvalue weighted by molar-refractivity contribution is 0.623. The van der Waals surface area contributed by atoms with Crippen LogP contribution in [0.3, 0.4) is 0 Å². The number of anilines is 3. The van der Waals surface area contributed by atoms with Gasteiger partial charge in [-0.25, -0.2) is 14.4 Å². The van der Waals surface area contributed by atoms with E-state index in [-0.39, 0.29) is 5.82 Å². The van der Waals surface area contributed by atoms with E-state index in [1.807, 2.05) is 6.07 Å². The zero-order valence-electron chi connectivity index (χ0n) is 15.4. The fraction of sp³-hybridized carbons (Fsp3) is 0.316. The molecule has 0 aliphatic carbocycles. The predicted octanol–water partition coefficient (Wildman–Crippen LogP) is 1.78. The summed E-state index contributed by atoms with van der Waals surface area (Å²) in [4.78, 5) is 17.4. The van der Waals surface area contributed by atoms with Gasteiger partial charge in [-0.15, -0.1) is 5.10 Å². The van der Waals surface area contributed by atoms with E-state index in [0.717, 1.165) is 44.1 Å². The summed E-state index contributed by atoms with van der Waals surface area (Å²) in [6.45, 7) is 3.84. The second-order valence-electron chi connectivity index (χ2n) is 6.47. The Labute approximate surface area is 162 Å². The molecule has 0 spiro atoms. The summed E-state index contributed by atoms with van der Waals surface area (Å²) in [5, 5.41) is 11.5. The Balaban J connectivity index is 1.31. The highest BCUT2D eigenvalue weighted by atomic mass is 19.1. The molecule has 1 saturated heterocycles. The molecule has 9 heteroatoms. The zero-order valence-corrected chi connectivity index (χ0v) is 15.4. The first-order chi connectivity index (χ1) is 13.8. The van der Waals surface area contributed by atoms with Gasteiger partial charge in [0.2, 0.25) is 11.9 Å². The van der Waals surface area contributed by atoms with Crippen LogP contribution in [0, 0.1) is 5.82 Å². The number of rotatable bonds is 6. The Morgan fingerprint density at radius 3 is 2.32 bits per heavy atom. The number of hydrogen-bond acceptors (Lipinski definition) is 8. The van der Waals surface area contributed by atoms with Crippen molar-refractivity contribution in [2.24, 2.45) is 0 Å². The molecule has 3 heterocycles. The van der Waals surface area contributed by atoms with Crippen LogP contribution >= 0.6 is 0 Å². The minimum Gasteiger partial charge on any atom is -0.368 e. The normalized spacial score (nSPS) is 14.2. The smallest absolute Gasteiger partial charge is 0.247 e. The molecule has 0 bridgehead atoms. The number of hydrogen-bond donors (Lipinski definition) is 1. The minimum atomic E-state index is -0.222. The largest absolute Gasteiger partial charge is 0.368 e. The Morgan fingerprint density at radius 2 is 1.61 bits per heavy atom. The zero-order chi connectivity index (χ0) is 19.2. The minimum absolute atomic E-state index is 0.222. The van der Waals surface area contributed by atoms with Crippen molar-refractivity contribution in [3.05, 3.63) is 60.3 Å². The van der Waals surface area contributed by atoms with Crippen molar-refractivity contribution >= 4 is 17.7 Å². The third kappa shape index (κ3) is 4.48. The molecular weight excluding hydrogens is 359 g/mol. The third-order valence-electron chi connectivity index (χ3n) is 4.58. The number of aromatic nitrogens is 5. The van der Waals surface area contributed by atoms with Crippen LogP contribution in [0.4, 0.5) is 22.1 Å². The monoisotopic (exact) mass is 380 g/mol. The highest BCUT2D eigenvalue weighted by Gasteiger charge is 2.21. The standard InChI is InChI=1S/C19H21FN8/c20-16-4-2-15(3-5-16)6-9-21-17-14-24-26-19(25-17)28-12-10-27(11-13-28)18-22-7-1-8-23-18/h1-5,7-8,14H,6,9-13H2,(H,21,25,26). The van der Waals surface area contributed by atoms with Gasteiger partial charge in [-0.2, -0.15) is 10.1 Å². The maximum absolute atomic E-state index is 13.0. The van der Waals surface area contributed by atoms with E-state index in [1.54, 1.807) is 30.7 Å². The molecule has 0 amide bonds. The van der Waals surface area contributed by atoms with Crippen LogP contribution in [0.2, 0.25) is 0 Å². The first-order valence-corrected chi connectivity index (χ1v) is 9.23. The van der Waals surface area contributed by atoms with Gasteiger partial charge in [0.15, 0.2) is 5.82 Å². The molecule has 0 unspecified atom stereocenters. The summed E-state index contributed by atoms with van der Waals surface area (Å²) in [5.41, 5.74) is 1.07. The van der Waals surface area contributed by atoms with Crippen LogP contribution in [-0.4, -0.2) is 57.9 Å². The molecule has 3 aromatic rings. The first-order valence-electron chi connectivity index (χ1n) is 9.23. The summed E-state index contributed by atoms with van der Waals surface area (Å²) in [6.07, 6.45) is 5.89. The van der Waals surface area contributed by atoms with Crippen LogP contribution in [0.15, 0.2) is 48.9 Å². The molecule has 1 fully saturated rings. The van der Waals surface area contributed by atoms with Crippen LogP contribution < -0.4 is 15.1 Å². The van der Waals surface area contributed by atoms with Crippen molar-refractivity contribution in [1.82, 2.24) is 25.1 Å². The Morgan fingerprint density at radius 1 is 0.929 bits per heavy atom. The molecule has 8 nitrogen and oxygen atoms in total. The Hall–Kier alpha value is -3.36. The van der Waals surface area contributed by atoms with Crippen molar-refractivity contribution in [2.45, 2.75) is 6.42 Å². The van der Waals surface area contributed by atoms with Crippen molar-refractivity contribution in [3.63, 3.8) is 0 Å². The molecule has 1 aromatic carbocycles. The van der Waals surface area contributed by atoms with E-state index in [1.165, 1.54) is 12.1 Å². The lowest BCUT2D eigenvalue weighted by Crippen LogP contribution is -2.47. The number of nitrogens with one attached hydrogen (secondary N) is 1. The quantitative estimate of drug-likeness (QED) is 0.693. The summed E-state index contributed by atoms with van der Waals surface area (Å²) in [7, 11) is 0. The van der Waals surface area contributed by atoms with Crippen molar-refractivity contribution in [3.8, 4) is 0 Å². The molecular formula is C19H21FN8. The summed E-state index contributed by atoms with van der Waals surface area (Å²) < 4.78 is 13.0. The number of halogens is 1. The first kappa shape index (κ1) is 18.0. The van der Waals surface area contributed by atoms with E-state index in [2.05, 4.69) is 40.3 Å². The molecule has 1 aliphatic rings. The highest BCUT2D eigenvalue weighted by molar-refractivity contribution is 5.41. The Kier molecular flexibility index (Phi) is 5.51. The lowest BCUT2D eigenvalue weighted by Gasteiger charge is -2.34. The average molecular weight is 380 g/mol. The molecule has 0 radical (unpaired) electrons. The van der Waals surface area contributed by atoms with Gasteiger partial charge in [0, 0.05) is 45.1 Å². The molecule has 0 saturated carbocycles. The molecule has 2 aromatic heterocycles. The van der Waals surface area contributed by atoms with Gasteiger partial charge in [0.25, 0.3) is 0 Å². The molecule has 4 rings (SSSR count). The summed E-state index contributed by atoms with van der Waals surface area (Å²) >= 11 is 0. The van der Waals surface area contributed by atoms with Gasteiger partial charge < -0.3 is 15.1 Å². The molecule has 144 valence electrons. The van der Waals surface area contributed by atoms with Gasteiger partial charge in [-0.1, -0.05) is 12.1 Å². The van der Waals surface area contributed by atoms with Crippen molar-refractivity contribution in [1.29, 1.82) is 0 Å². The maximum Gasteiger partial charge on any atom is 0.247 e. The fourth-order valence-corrected chi connectivity index (χ4v) is 3.06. The number of nitrogens with zero attached hydrogens (tertiary/aromatic N) is 7. The van der Waals surface area contributed by atoms with E-state index >= 15 is 0 Å². The average Bonchev–Trinajstić information content (AvgIpc) is 2.76. The summed E-state index contributed by atoms with van der Waals surface area (Å²) in [5.74, 6) is 1.82. The van der Waals surface area contributed by atoms with Gasteiger partial charge in [-0.05, 0) is 30.2 Å². The van der Waals surface area contributed by atoms with E-state index < -0.39 is 0 Å². The lowest BCUT2D eigenvalue weighted by atomic mass is 10.1. The van der Waals surface area contributed by atoms with Gasteiger partial charge >= 0.3 is 0 Å². The molecule has 1 aliphatic heterocycles. The van der Waals surface area contributed by atoms with Gasteiger partial charge in [0.1, 0.15) is 5.82 Å². The molecule has 1 N–H and O–H groups in total. The molecule has 28 heavy (non-hydrogen) atoms. The second kappa shape index (κ2) is 8.55. The van der Waals surface area contributed by atoms with Gasteiger partial charge in [0.05, 0.1) is 6.20 Å². The van der Waals surface area contributed by atoms with Gasteiger partial charge in [-0.3, -0.25) is 0 Å². The van der Waals surface area contributed by atoms with Crippen LogP contribution in [0.5, 0.6) is 0 Å². The fourth-order valence-electron chi connectivity index (χ4n) is 3.06. The van der Waals surface area contributed by atoms with Crippen LogP contribution in [-0.2, 0) is 6.42 Å². The van der Waals surface area contributed by atoms with E-state index in [4.69, 9.17) is 0 Å². The SMILES string of the molecule is Fc1ccc(CCNc2cnnc(N3CCN(c4ncccn4)CC3)n2)cc1. The topological polar surface area (TPSA) is 83.0 Å².